The van der Waals surface area contributed by atoms with Gasteiger partial charge in [0, 0.05) is 0 Å². The van der Waals surface area contributed by atoms with Gasteiger partial charge in [0.05, 0.1) is 17.4 Å². The molecule has 0 aliphatic rings. The standard InChI is InChI=1S/C7H6N2.H3O3P/c1-2-4-7-6(3-1)8-5-9-7;1-4(2)3/h1-5H,(H,8,9);1-3H. The van der Waals surface area contributed by atoms with E-state index in [-0.39, 0.29) is 0 Å². The Morgan fingerprint density at radius 3 is 2.38 bits per heavy atom. The van der Waals surface area contributed by atoms with Crippen molar-refractivity contribution in [2.24, 2.45) is 0 Å². The Balaban J connectivity index is 0.000000184. The number of rotatable bonds is 0. The van der Waals surface area contributed by atoms with Crippen molar-refractivity contribution in [1.29, 1.82) is 0 Å². The molecule has 5 nitrogen and oxygen atoms in total. The highest BCUT2D eigenvalue weighted by molar-refractivity contribution is 7.38. The molecule has 0 radical (unpaired) electrons. The summed E-state index contributed by atoms with van der Waals surface area (Å²) in [5.74, 6) is 0. The fourth-order valence-corrected chi connectivity index (χ4v) is 0.880. The lowest BCUT2D eigenvalue weighted by atomic mass is 10.3. The fraction of sp³-hybridized carbons (Fsp3) is 0. The number of aromatic nitrogens is 2. The summed E-state index contributed by atoms with van der Waals surface area (Å²) < 4.78 is 0. The van der Waals surface area contributed by atoms with Crippen molar-refractivity contribution >= 4 is 19.6 Å². The summed E-state index contributed by atoms with van der Waals surface area (Å²) in [6.07, 6.45) is 1.70. The van der Waals surface area contributed by atoms with Crippen molar-refractivity contribution in [3.05, 3.63) is 30.6 Å². The Morgan fingerprint density at radius 2 is 1.77 bits per heavy atom. The van der Waals surface area contributed by atoms with E-state index in [0.29, 0.717) is 0 Å². The minimum Gasteiger partial charge on any atom is -0.345 e. The molecule has 0 atom stereocenters. The van der Waals surface area contributed by atoms with Crippen LogP contribution in [0.3, 0.4) is 0 Å². The lowest BCUT2D eigenvalue weighted by Crippen LogP contribution is -1.63. The van der Waals surface area contributed by atoms with Gasteiger partial charge in [-0.3, -0.25) is 0 Å². The van der Waals surface area contributed by atoms with Crippen LogP contribution in [-0.4, -0.2) is 24.6 Å². The molecule has 0 bridgehead atoms. The van der Waals surface area contributed by atoms with E-state index in [2.05, 4.69) is 9.97 Å². The van der Waals surface area contributed by atoms with E-state index in [0.717, 1.165) is 11.0 Å². The average molecular weight is 200 g/mol. The van der Waals surface area contributed by atoms with Crippen molar-refractivity contribution in [3.8, 4) is 0 Å². The Kier molecular flexibility index (Phi) is 3.79. The second-order valence-corrected chi connectivity index (χ2v) is 2.72. The second kappa shape index (κ2) is 4.89. The van der Waals surface area contributed by atoms with E-state index in [9.17, 15) is 0 Å². The normalized spacial score (nSPS) is 9.85. The molecule has 2 aromatic rings. The quantitative estimate of drug-likeness (QED) is 0.472. The number of H-pyrrole nitrogens is 1. The zero-order valence-electron chi connectivity index (χ0n) is 6.62. The molecular weight excluding hydrogens is 191 g/mol. The van der Waals surface area contributed by atoms with Crippen LogP contribution in [0.25, 0.3) is 11.0 Å². The van der Waals surface area contributed by atoms with Crippen LogP contribution in [0.4, 0.5) is 0 Å². The lowest BCUT2D eigenvalue weighted by Gasteiger charge is -1.81. The van der Waals surface area contributed by atoms with E-state index in [1.54, 1.807) is 6.33 Å². The summed E-state index contributed by atoms with van der Waals surface area (Å²) in [6, 6.07) is 7.94. The first-order valence-electron chi connectivity index (χ1n) is 3.45. The number of hydrogen-bond donors (Lipinski definition) is 4. The number of benzene rings is 1. The topological polar surface area (TPSA) is 89.4 Å². The van der Waals surface area contributed by atoms with E-state index in [1.807, 2.05) is 24.3 Å². The summed E-state index contributed by atoms with van der Waals surface area (Å²) in [5.41, 5.74) is 2.12. The van der Waals surface area contributed by atoms with E-state index < -0.39 is 8.60 Å². The highest BCUT2D eigenvalue weighted by atomic mass is 31.2. The first-order chi connectivity index (χ1) is 6.20. The maximum Gasteiger partial charge on any atom is 0.324 e. The first kappa shape index (κ1) is 10.1. The Bertz CT molecular complexity index is 330. The van der Waals surface area contributed by atoms with Gasteiger partial charge in [-0.1, -0.05) is 12.1 Å². The molecule has 0 saturated carbocycles. The highest BCUT2D eigenvalue weighted by Crippen LogP contribution is 2.11. The summed E-state index contributed by atoms with van der Waals surface area (Å²) in [5, 5.41) is 0. The second-order valence-electron chi connectivity index (χ2n) is 2.19. The number of nitrogens with zero attached hydrogens (tertiary/aromatic N) is 1. The SMILES string of the molecule is OP(O)O.c1ccc2[nH]cnc2c1. The molecule has 13 heavy (non-hydrogen) atoms. The molecule has 0 amide bonds. The fourth-order valence-electron chi connectivity index (χ4n) is 0.880. The van der Waals surface area contributed by atoms with Gasteiger partial charge in [0.15, 0.2) is 0 Å². The summed E-state index contributed by atoms with van der Waals surface area (Å²) in [7, 11) is -2.62. The zero-order chi connectivity index (χ0) is 9.68. The maximum absolute atomic E-state index is 7.23. The zero-order valence-corrected chi connectivity index (χ0v) is 7.52. The summed E-state index contributed by atoms with van der Waals surface area (Å²) in [4.78, 5) is 28.8. The highest BCUT2D eigenvalue weighted by Gasteiger charge is 1.88. The molecule has 0 spiro atoms. The third-order valence-electron chi connectivity index (χ3n) is 1.33. The van der Waals surface area contributed by atoms with Crippen LogP contribution in [-0.2, 0) is 0 Å². The minimum atomic E-state index is -2.62. The van der Waals surface area contributed by atoms with Gasteiger partial charge in [0.25, 0.3) is 0 Å². The van der Waals surface area contributed by atoms with Crippen LogP contribution in [0, 0.1) is 0 Å². The van der Waals surface area contributed by atoms with Crippen molar-refractivity contribution in [2.75, 3.05) is 0 Å². The van der Waals surface area contributed by atoms with Gasteiger partial charge < -0.3 is 19.7 Å². The molecule has 6 heteroatoms. The molecule has 1 aromatic heterocycles. The number of nitrogens with one attached hydrogen (secondary N) is 1. The van der Waals surface area contributed by atoms with Crippen LogP contribution in [0.5, 0.6) is 0 Å². The van der Waals surface area contributed by atoms with Crippen molar-refractivity contribution < 1.29 is 14.7 Å². The van der Waals surface area contributed by atoms with Gasteiger partial charge in [0.2, 0.25) is 0 Å². The number of fused-ring (bicyclic) bond motifs is 1. The predicted octanol–water partition coefficient (Wildman–Crippen LogP) is 0.753. The smallest absolute Gasteiger partial charge is 0.324 e. The molecule has 0 aliphatic carbocycles. The monoisotopic (exact) mass is 200 g/mol. The number of para-hydroxylation sites is 2. The van der Waals surface area contributed by atoms with Crippen LogP contribution in [0.15, 0.2) is 30.6 Å². The maximum atomic E-state index is 7.23. The van der Waals surface area contributed by atoms with Crippen molar-refractivity contribution in [1.82, 2.24) is 9.97 Å². The van der Waals surface area contributed by atoms with Gasteiger partial charge in [-0.15, -0.1) is 0 Å². The number of imidazole rings is 1. The summed E-state index contributed by atoms with van der Waals surface area (Å²) >= 11 is 0. The van der Waals surface area contributed by atoms with Crippen LogP contribution >= 0.6 is 8.60 Å². The van der Waals surface area contributed by atoms with Crippen LogP contribution < -0.4 is 0 Å². The van der Waals surface area contributed by atoms with E-state index in [4.69, 9.17) is 14.7 Å². The van der Waals surface area contributed by atoms with Crippen molar-refractivity contribution in [3.63, 3.8) is 0 Å². The van der Waals surface area contributed by atoms with Gasteiger partial charge in [-0.05, 0) is 12.1 Å². The van der Waals surface area contributed by atoms with Gasteiger partial charge in [-0.25, -0.2) is 4.98 Å². The molecule has 1 heterocycles. The number of aromatic amines is 1. The predicted molar refractivity (Wildman–Crippen MR) is 49.7 cm³/mol. The molecule has 0 fully saturated rings. The van der Waals surface area contributed by atoms with Crippen molar-refractivity contribution in [2.45, 2.75) is 0 Å². The van der Waals surface area contributed by atoms with Gasteiger partial charge in [-0.2, -0.15) is 0 Å². The third-order valence-corrected chi connectivity index (χ3v) is 1.33. The van der Waals surface area contributed by atoms with Crippen LogP contribution in [0.1, 0.15) is 0 Å². The molecule has 0 aliphatic heterocycles. The lowest BCUT2D eigenvalue weighted by molar-refractivity contribution is 0.368. The van der Waals surface area contributed by atoms with E-state index in [1.165, 1.54) is 0 Å². The van der Waals surface area contributed by atoms with E-state index >= 15 is 0 Å². The first-order valence-corrected chi connectivity index (χ1v) is 4.65. The van der Waals surface area contributed by atoms with Gasteiger partial charge >= 0.3 is 8.60 Å². The molecule has 1 aromatic carbocycles. The molecule has 70 valence electrons. The Morgan fingerprint density at radius 1 is 1.15 bits per heavy atom. The molecule has 0 saturated heterocycles. The van der Waals surface area contributed by atoms with Crippen LogP contribution in [0.2, 0.25) is 0 Å². The largest absolute Gasteiger partial charge is 0.345 e. The molecule has 0 unspecified atom stereocenters. The Labute approximate surface area is 75.7 Å². The minimum absolute atomic E-state index is 1.03. The average Bonchev–Trinajstić information content (AvgIpc) is 2.49. The molecular formula is C7H9N2O3P. The number of hydrogen-bond acceptors (Lipinski definition) is 4. The third kappa shape index (κ3) is 3.48. The Hall–Kier alpha value is -1.00. The molecule has 2 rings (SSSR count). The molecule has 4 N–H and O–H groups in total. The van der Waals surface area contributed by atoms with Gasteiger partial charge in [0.1, 0.15) is 0 Å². The summed E-state index contributed by atoms with van der Waals surface area (Å²) in [6.45, 7) is 0.